The Labute approximate surface area is 138 Å². The van der Waals surface area contributed by atoms with Crippen LogP contribution < -0.4 is 10.6 Å². The molecule has 0 saturated heterocycles. The van der Waals surface area contributed by atoms with Crippen LogP contribution in [0.5, 0.6) is 0 Å². The minimum Gasteiger partial charge on any atom is -0.337 e. The highest BCUT2D eigenvalue weighted by molar-refractivity contribution is 6.04. The second-order valence-corrected chi connectivity index (χ2v) is 5.83. The van der Waals surface area contributed by atoms with Crippen LogP contribution in [0.1, 0.15) is 24.3 Å². The summed E-state index contributed by atoms with van der Waals surface area (Å²) in [6.07, 6.45) is 6.52. The molecule has 2 N–H and O–H groups in total. The number of nitrogens with zero attached hydrogens (tertiary/aromatic N) is 3. The summed E-state index contributed by atoms with van der Waals surface area (Å²) in [5, 5.41) is 5.48. The number of hydrogen-bond acceptors (Lipinski definition) is 4. The van der Waals surface area contributed by atoms with E-state index in [4.69, 9.17) is 0 Å². The lowest BCUT2D eigenvalue weighted by atomic mass is 10.0. The number of hydrogen-bond donors (Lipinski definition) is 2. The van der Waals surface area contributed by atoms with E-state index in [1.165, 1.54) is 6.20 Å². The number of carbonyl (C=O) groups excluding carboxylic acids is 2. The molecule has 122 valence electrons. The summed E-state index contributed by atoms with van der Waals surface area (Å²) in [6.45, 7) is 3.27. The standard InChI is InChI=1S/C17H17N5O2/c1-17(2,16(24)20-12-6-4-3-5-7-12)21-15(23)13-14-19-9-11-22(14)10-8-18-13/h3-11H,1-2H3,(H,20,24)(H,21,23). The molecule has 0 aliphatic carbocycles. The minimum atomic E-state index is -1.12. The number of nitrogens with one attached hydrogen (secondary N) is 2. The van der Waals surface area contributed by atoms with Crippen molar-refractivity contribution in [1.29, 1.82) is 0 Å². The molecule has 1 aromatic carbocycles. The molecule has 0 unspecified atom stereocenters. The predicted molar refractivity (Wildman–Crippen MR) is 89.6 cm³/mol. The van der Waals surface area contributed by atoms with Crippen molar-refractivity contribution in [3.63, 3.8) is 0 Å². The van der Waals surface area contributed by atoms with E-state index in [9.17, 15) is 9.59 Å². The van der Waals surface area contributed by atoms with Gasteiger partial charge in [0.2, 0.25) is 5.91 Å². The molecule has 0 spiro atoms. The quantitative estimate of drug-likeness (QED) is 0.767. The average molecular weight is 323 g/mol. The summed E-state index contributed by atoms with van der Waals surface area (Å²) in [7, 11) is 0. The topological polar surface area (TPSA) is 88.4 Å². The van der Waals surface area contributed by atoms with E-state index in [2.05, 4.69) is 20.6 Å². The van der Waals surface area contributed by atoms with Crippen LogP contribution in [0.4, 0.5) is 5.69 Å². The normalized spacial score (nSPS) is 11.2. The zero-order valence-corrected chi connectivity index (χ0v) is 13.4. The van der Waals surface area contributed by atoms with E-state index in [1.54, 1.807) is 49.0 Å². The van der Waals surface area contributed by atoms with Gasteiger partial charge in [-0.25, -0.2) is 9.97 Å². The van der Waals surface area contributed by atoms with Crippen molar-refractivity contribution in [3.05, 3.63) is 60.8 Å². The first-order valence-electron chi connectivity index (χ1n) is 7.44. The highest BCUT2D eigenvalue weighted by Crippen LogP contribution is 2.12. The third-order valence-electron chi connectivity index (χ3n) is 3.55. The Morgan fingerprint density at radius 2 is 1.71 bits per heavy atom. The summed E-state index contributed by atoms with van der Waals surface area (Å²) in [5.74, 6) is -0.780. The summed E-state index contributed by atoms with van der Waals surface area (Å²) in [4.78, 5) is 33.2. The summed E-state index contributed by atoms with van der Waals surface area (Å²) in [5.41, 5.74) is 0.157. The molecule has 0 atom stereocenters. The van der Waals surface area contributed by atoms with Crippen LogP contribution in [-0.4, -0.2) is 31.7 Å². The summed E-state index contributed by atoms with van der Waals surface area (Å²) >= 11 is 0. The van der Waals surface area contributed by atoms with Crippen molar-refractivity contribution in [1.82, 2.24) is 19.7 Å². The molecule has 0 saturated carbocycles. The number of amides is 2. The van der Waals surface area contributed by atoms with E-state index < -0.39 is 11.4 Å². The molecule has 0 radical (unpaired) electrons. The van der Waals surface area contributed by atoms with Crippen LogP contribution >= 0.6 is 0 Å². The Balaban J connectivity index is 1.77. The Hall–Kier alpha value is -3.22. The van der Waals surface area contributed by atoms with Crippen molar-refractivity contribution >= 4 is 23.1 Å². The van der Waals surface area contributed by atoms with Crippen LogP contribution in [0.2, 0.25) is 0 Å². The second kappa shape index (κ2) is 6.11. The minimum absolute atomic E-state index is 0.170. The molecule has 0 aliphatic rings. The third-order valence-corrected chi connectivity index (χ3v) is 3.55. The van der Waals surface area contributed by atoms with Gasteiger partial charge in [0.25, 0.3) is 5.91 Å². The maximum atomic E-state index is 12.5. The van der Waals surface area contributed by atoms with Gasteiger partial charge in [-0.15, -0.1) is 0 Å². The van der Waals surface area contributed by atoms with Crippen molar-refractivity contribution < 1.29 is 9.59 Å². The predicted octanol–water partition coefficient (Wildman–Crippen LogP) is 1.88. The molecule has 0 aliphatic heterocycles. The fraction of sp³-hybridized carbons (Fsp3) is 0.176. The van der Waals surface area contributed by atoms with Gasteiger partial charge in [0, 0.05) is 30.5 Å². The third kappa shape index (κ3) is 3.10. The van der Waals surface area contributed by atoms with Gasteiger partial charge in [-0.1, -0.05) is 18.2 Å². The van der Waals surface area contributed by atoms with E-state index >= 15 is 0 Å². The zero-order valence-electron chi connectivity index (χ0n) is 13.4. The SMILES string of the molecule is CC(C)(NC(=O)c1nccn2ccnc12)C(=O)Nc1ccccc1. The summed E-state index contributed by atoms with van der Waals surface area (Å²) in [6, 6.07) is 9.07. The van der Waals surface area contributed by atoms with Crippen LogP contribution in [0.3, 0.4) is 0 Å². The fourth-order valence-electron chi connectivity index (χ4n) is 2.22. The van der Waals surface area contributed by atoms with E-state index in [0.29, 0.717) is 11.3 Å². The average Bonchev–Trinajstić information content (AvgIpc) is 3.03. The van der Waals surface area contributed by atoms with Crippen LogP contribution in [0.15, 0.2) is 55.1 Å². The van der Waals surface area contributed by atoms with Gasteiger partial charge in [-0.2, -0.15) is 0 Å². The molecule has 3 aromatic rings. The molecule has 2 amide bonds. The Morgan fingerprint density at radius 3 is 2.42 bits per heavy atom. The van der Waals surface area contributed by atoms with Gasteiger partial charge in [0.1, 0.15) is 5.54 Å². The Kier molecular flexibility index (Phi) is 3.99. The number of imidazole rings is 1. The summed E-state index contributed by atoms with van der Waals surface area (Å²) < 4.78 is 1.69. The number of anilines is 1. The molecule has 0 fully saturated rings. The van der Waals surface area contributed by atoms with Gasteiger partial charge in [0.05, 0.1) is 0 Å². The Bertz CT molecular complexity index is 886. The number of aromatic nitrogens is 3. The number of carbonyl (C=O) groups is 2. The van der Waals surface area contributed by atoms with Crippen LogP contribution in [0, 0.1) is 0 Å². The van der Waals surface area contributed by atoms with Gasteiger partial charge in [-0.05, 0) is 26.0 Å². The van der Waals surface area contributed by atoms with Crippen molar-refractivity contribution in [3.8, 4) is 0 Å². The molecule has 2 aromatic heterocycles. The number of rotatable bonds is 4. The lowest BCUT2D eigenvalue weighted by molar-refractivity contribution is -0.120. The van der Waals surface area contributed by atoms with E-state index in [0.717, 1.165) is 0 Å². The molecule has 0 bridgehead atoms. The molecular weight excluding hydrogens is 306 g/mol. The molecule has 3 rings (SSSR count). The Morgan fingerprint density at radius 1 is 1.04 bits per heavy atom. The van der Waals surface area contributed by atoms with Crippen LogP contribution in [0.25, 0.3) is 5.65 Å². The van der Waals surface area contributed by atoms with Gasteiger partial charge < -0.3 is 15.0 Å². The van der Waals surface area contributed by atoms with E-state index in [1.807, 2.05) is 18.2 Å². The fourth-order valence-corrected chi connectivity index (χ4v) is 2.22. The molecule has 2 heterocycles. The van der Waals surface area contributed by atoms with Gasteiger partial charge >= 0.3 is 0 Å². The molecule has 7 nitrogen and oxygen atoms in total. The lowest BCUT2D eigenvalue weighted by Crippen LogP contribution is -2.52. The molecule has 24 heavy (non-hydrogen) atoms. The number of para-hydroxylation sites is 1. The number of fused-ring (bicyclic) bond motifs is 1. The number of benzene rings is 1. The maximum absolute atomic E-state index is 12.5. The van der Waals surface area contributed by atoms with Crippen molar-refractivity contribution in [2.24, 2.45) is 0 Å². The smallest absolute Gasteiger partial charge is 0.274 e. The first-order valence-corrected chi connectivity index (χ1v) is 7.44. The monoisotopic (exact) mass is 323 g/mol. The van der Waals surface area contributed by atoms with Gasteiger partial charge in [-0.3, -0.25) is 9.59 Å². The first kappa shape index (κ1) is 15.7. The van der Waals surface area contributed by atoms with Crippen molar-refractivity contribution in [2.45, 2.75) is 19.4 Å². The lowest BCUT2D eigenvalue weighted by Gasteiger charge is -2.25. The second-order valence-electron chi connectivity index (χ2n) is 5.83. The molecular formula is C17H17N5O2. The van der Waals surface area contributed by atoms with Crippen LogP contribution in [-0.2, 0) is 4.79 Å². The zero-order chi connectivity index (χ0) is 17.2. The molecule has 7 heteroatoms. The largest absolute Gasteiger partial charge is 0.337 e. The maximum Gasteiger partial charge on any atom is 0.274 e. The van der Waals surface area contributed by atoms with Crippen molar-refractivity contribution in [2.75, 3.05) is 5.32 Å². The first-order chi connectivity index (χ1) is 11.5. The highest BCUT2D eigenvalue weighted by atomic mass is 16.2. The van der Waals surface area contributed by atoms with E-state index in [-0.39, 0.29) is 11.6 Å². The highest BCUT2D eigenvalue weighted by Gasteiger charge is 2.31. The van der Waals surface area contributed by atoms with Gasteiger partial charge in [0.15, 0.2) is 11.3 Å².